The third kappa shape index (κ3) is 4.92. The molecule has 1 aromatic carbocycles. The summed E-state index contributed by atoms with van der Waals surface area (Å²) in [4.78, 5) is 25.3. The lowest BCUT2D eigenvalue weighted by Crippen LogP contribution is -2.49. The summed E-state index contributed by atoms with van der Waals surface area (Å²) in [7, 11) is 0. The fourth-order valence-electron chi connectivity index (χ4n) is 3.33. The second kappa shape index (κ2) is 9.23. The van der Waals surface area contributed by atoms with Gasteiger partial charge in [0.15, 0.2) is 0 Å². The molecule has 3 rings (SSSR count). The molecule has 150 valence electrons. The molecule has 2 unspecified atom stereocenters. The number of hydrogen-bond donors (Lipinski definition) is 2. The Labute approximate surface area is 167 Å². The average molecular weight is 405 g/mol. The topological polar surface area (TPSA) is 84.0 Å². The molecule has 0 bridgehead atoms. The molecule has 1 aliphatic carbocycles. The third-order valence-electron chi connectivity index (χ3n) is 5.27. The standard InChI is InChI=1S/C20H25FN4O2S/c1-3-12(2)16(22-17(26)13-6-4-5-7-13)18(27)23-20-25-24-19(28-20)14-8-10-15(21)11-9-14/h8-13,16H,3-7H2,1-2H3,(H,22,26)(H,23,25,27). The molecular formula is C20H25FN4O2S. The van der Waals surface area contributed by atoms with Crippen molar-refractivity contribution in [2.45, 2.75) is 52.0 Å². The highest BCUT2D eigenvalue weighted by atomic mass is 32.1. The molecule has 2 amide bonds. The average Bonchev–Trinajstić information content (AvgIpc) is 3.38. The zero-order valence-electron chi connectivity index (χ0n) is 16.1. The van der Waals surface area contributed by atoms with Crippen LogP contribution in [0.5, 0.6) is 0 Å². The minimum Gasteiger partial charge on any atom is -0.344 e. The van der Waals surface area contributed by atoms with Crippen LogP contribution in [0.25, 0.3) is 10.6 Å². The SMILES string of the molecule is CCC(C)C(NC(=O)C1CCCC1)C(=O)Nc1nnc(-c2ccc(F)cc2)s1. The molecule has 8 heteroatoms. The van der Waals surface area contributed by atoms with Gasteiger partial charge in [0, 0.05) is 11.5 Å². The Morgan fingerprint density at radius 1 is 1.21 bits per heavy atom. The number of carbonyl (C=O) groups is 2. The highest BCUT2D eigenvalue weighted by molar-refractivity contribution is 7.18. The van der Waals surface area contributed by atoms with Crippen LogP contribution in [0.4, 0.5) is 9.52 Å². The van der Waals surface area contributed by atoms with Gasteiger partial charge in [-0.1, -0.05) is 44.4 Å². The minimum atomic E-state index is -0.615. The minimum absolute atomic E-state index is 0.00477. The van der Waals surface area contributed by atoms with E-state index in [9.17, 15) is 14.0 Å². The molecule has 2 atom stereocenters. The number of benzene rings is 1. The van der Waals surface area contributed by atoms with Crippen molar-refractivity contribution in [1.29, 1.82) is 0 Å². The maximum atomic E-state index is 13.1. The fourth-order valence-corrected chi connectivity index (χ4v) is 4.08. The van der Waals surface area contributed by atoms with Gasteiger partial charge in [-0.05, 0) is 43.0 Å². The summed E-state index contributed by atoms with van der Waals surface area (Å²) in [5.74, 6) is -0.651. The molecule has 28 heavy (non-hydrogen) atoms. The van der Waals surface area contributed by atoms with E-state index in [2.05, 4.69) is 20.8 Å². The molecule has 0 aliphatic heterocycles. The van der Waals surface area contributed by atoms with Crippen molar-refractivity contribution in [3.05, 3.63) is 30.1 Å². The highest BCUT2D eigenvalue weighted by Gasteiger charge is 2.30. The van der Waals surface area contributed by atoms with E-state index in [1.54, 1.807) is 12.1 Å². The van der Waals surface area contributed by atoms with E-state index in [-0.39, 0.29) is 29.5 Å². The van der Waals surface area contributed by atoms with Crippen LogP contribution in [0.2, 0.25) is 0 Å². The Kier molecular flexibility index (Phi) is 6.72. The van der Waals surface area contributed by atoms with E-state index >= 15 is 0 Å². The summed E-state index contributed by atoms with van der Waals surface area (Å²) in [6, 6.07) is 5.33. The Morgan fingerprint density at radius 3 is 2.54 bits per heavy atom. The first-order valence-electron chi connectivity index (χ1n) is 9.68. The van der Waals surface area contributed by atoms with Gasteiger partial charge in [0.05, 0.1) is 0 Å². The van der Waals surface area contributed by atoms with E-state index in [1.165, 1.54) is 23.5 Å². The molecule has 2 N–H and O–H groups in total. The summed E-state index contributed by atoms with van der Waals surface area (Å²) in [5.41, 5.74) is 0.729. The van der Waals surface area contributed by atoms with Gasteiger partial charge in [0.25, 0.3) is 0 Å². The lowest BCUT2D eigenvalue weighted by atomic mass is 9.97. The highest BCUT2D eigenvalue weighted by Crippen LogP contribution is 2.27. The second-order valence-electron chi connectivity index (χ2n) is 7.26. The summed E-state index contributed by atoms with van der Waals surface area (Å²) in [6.07, 6.45) is 4.67. The van der Waals surface area contributed by atoms with Crippen LogP contribution >= 0.6 is 11.3 Å². The smallest absolute Gasteiger partial charge is 0.249 e. The van der Waals surface area contributed by atoms with E-state index in [0.717, 1.165) is 37.7 Å². The van der Waals surface area contributed by atoms with Crippen LogP contribution in [0.15, 0.2) is 24.3 Å². The fraction of sp³-hybridized carbons (Fsp3) is 0.500. The van der Waals surface area contributed by atoms with Crippen LogP contribution in [-0.4, -0.2) is 28.1 Å². The molecule has 6 nitrogen and oxygen atoms in total. The maximum Gasteiger partial charge on any atom is 0.249 e. The first kappa shape index (κ1) is 20.4. The summed E-state index contributed by atoms with van der Waals surface area (Å²) >= 11 is 1.21. The summed E-state index contributed by atoms with van der Waals surface area (Å²) < 4.78 is 13.1. The van der Waals surface area contributed by atoms with Gasteiger partial charge in [-0.25, -0.2) is 4.39 Å². The largest absolute Gasteiger partial charge is 0.344 e. The normalized spacial score (nSPS) is 16.5. The molecule has 1 aliphatic rings. The zero-order chi connectivity index (χ0) is 20.1. The van der Waals surface area contributed by atoms with Crippen LogP contribution in [0, 0.1) is 17.7 Å². The van der Waals surface area contributed by atoms with Gasteiger partial charge < -0.3 is 5.32 Å². The van der Waals surface area contributed by atoms with Crippen LogP contribution in [0.1, 0.15) is 46.0 Å². The Bertz CT molecular complexity index is 818. The van der Waals surface area contributed by atoms with E-state index in [1.807, 2.05) is 13.8 Å². The molecule has 0 spiro atoms. The number of nitrogens with zero attached hydrogens (tertiary/aromatic N) is 2. The number of halogens is 1. The van der Waals surface area contributed by atoms with Crippen molar-refractivity contribution in [2.24, 2.45) is 11.8 Å². The van der Waals surface area contributed by atoms with Crippen LogP contribution in [-0.2, 0) is 9.59 Å². The number of nitrogens with one attached hydrogen (secondary N) is 2. The van der Waals surface area contributed by atoms with E-state index in [4.69, 9.17) is 0 Å². The van der Waals surface area contributed by atoms with E-state index in [0.29, 0.717) is 10.1 Å². The predicted molar refractivity (Wildman–Crippen MR) is 107 cm³/mol. The molecule has 1 fully saturated rings. The van der Waals surface area contributed by atoms with Crippen LogP contribution in [0.3, 0.4) is 0 Å². The first-order chi connectivity index (χ1) is 13.5. The second-order valence-corrected chi connectivity index (χ2v) is 8.24. The zero-order valence-corrected chi connectivity index (χ0v) is 16.9. The van der Waals surface area contributed by atoms with Gasteiger partial charge in [0.2, 0.25) is 16.9 Å². The van der Waals surface area contributed by atoms with Crippen molar-refractivity contribution in [1.82, 2.24) is 15.5 Å². The van der Waals surface area contributed by atoms with Crippen molar-refractivity contribution < 1.29 is 14.0 Å². The van der Waals surface area contributed by atoms with Crippen molar-refractivity contribution in [2.75, 3.05) is 5.32 Å². The van der Waals surface area contributed by atoms with Crippen molar-refractivity contribution in [3.63, 3.8) is 0 Å². The summed E-state index contributed by atoms with van der Waals surface area (Å²) in [6.45, 7) is 3.94. The monoisotopic (exact) mass is 404 g/mol. The number of hydrogen-bond acceptors (Lipinski definition) is 5. The first-order valence-corrected chi connectivity index (χ1v) is 10.5. The maximum absolute atomic E-state index is 13.1. The van der Waals surface area contributed by atoms with Gasteiger partial charge in [-0.2, -0.15) is 0 Å². The van der Waals surface area contributed by atoms with E-state index < -0.39 is 6.04 Å². The molecule has 1 aromatic heterocycles. The number of aromatic nitrogens is 2. The molecule has 0 saturated heterocycles. The van der Waals surface area contributed by atoms with Gasteiger partial charge in [-0.3, -0.25) is 14.9 Å². The van der Waals surface area contributed by atoms with Crippen molar-refractivity contribution >= 4 is 28.3 Å². The van der Waals surface area contributed by atoms with Gasteiger partial charge in [-0.15, -0.1) is 10.2 Å². The molecule has 1 heterocycles. The number of anilines is 1. The lowest BCUT2D eigenvalue weighted by molar-refractivity contribution is -0.130. The molecule has 0 radical (unpaired) electrons. The van der Waals surface area contributed by atoms with Gasteiger partial charge >= 0.3 is 0 Å². The predicted octanol–water partition coefficient (Wildman–Crippen LogP) is 4.00. The quantitative estimate of drug-likeness (QED) is 0.730. The van der Waals surface area contributed by atoms with Crippen LogP contribution < -0.4 is 10.6 Å². The third-order valence-corrected chi connectivity index (χ3v) is 6.15. The summed E-state index contributed by atoms with van der Waals surface area (Å²) in [5, 5.41) is 14.7. The number of amides is 2. The number of carbonyl (C=O) groups excluding carboxylic acids is 2. The number of rotatable bonds is 7. The van der Waals surface area contributed by atoms with Crippen molar-refractivity contribution in [3.8, 4) is 10.6 Å². The molecule has 1 saturated carbocycles. The molecular weight excluding hydrogens is 379 g/mol. The van der Waals surface area contributed by atoms with Gasteiger partial charge in [0.1, 0.15) is 16.9 Å². The Hall–Kier alpha value is -2.35. The lowest BCUT2D eigenvalue weighted by Gasteiger charge is -2.24. The Balaban J connectivity index is 1.67. The molecule has 2 aromatic rings. The Morgan fingerprint density at radius 2 is 1.89 bits per heavy atom.